The van der Waals surface area contributed by atoms with Gasteiger partial charge in [-0.2, -0.15) is 0 Å². The summed E-state index contributed by atoms with van der Waals surface area (Å²) in [6.45, 7) is 18.3. The molecule has 0 amide bonds. The van der Waals surface area contributed by atoms with Gasteiger partial charge in [0.05, 0.1) is 5.69 Å². The van der Waals surface area contributed by atoms with Crippen LogP contribution in [0.1, 0.15) is 81.7 Å². The van der Waals surface area contributed by atoms with Crippen LogP contribution in [0.3, 0.4) is 0 Å². The zero-order valence-electron chi connectivity index (χ0n) is 34.4. The number of furan rings is 1. The molecule has 0 spiro atoms. The van der Waals surface area contributed by atoms with Crippen LogP contribution in [0.25, 0.3) is 49.8 Å². The average Bonchev–Trinajstić information content (AvgIpc) is 3.72. The predicted octanol–water partition coefficient (Wildman–Crippen LogP) is 15.8. The van der Waals surface area contributed by atoms with Crippen molar-refractivity contribution >= 4 is 44.6 Å². The number of fused-ring (bicyclic) bond motifs is 10. The maximum Gasteiger partial charge on any atom is 0.159 e. The highest BCUT2D eigenvalue weighted by Crippen LogP contribution is 2.56. The van der Waals surface area contributed by atoms with Crippen LogP contribution in [-0.4, -0.2) is 0 Å². The first-order valence-electron chi connectivity index (χ1n) is 20.7. The fourth-order valence-corrected chi connectivity index (χ4v) is 9.69. The van der Waals surface area contributed by atoms with Crippen LogP contribution in [0, 0.1) is 0 Å². The Kier molecular flexibility index (Phi) is 8.29. The molecule has 58 heavy (non-hydrogen) atoms. The van der Waals surface area contributed by atoms with E-state index in [1.54, 1.807) is 0 Å². The lowest BCUT2D eigenvalue weighted by Crippen LogP contribution is -2.27. The summed E-state index contributed by atoms with van der Waals surface area (Å²) in [6, 6.07) is 44.9. The molecule has 2 heteroatoms. The summed E-state index contributed by atoms with van der Waals surface area (Å²) in [5, 5.41) is 2.23. The Balaban J connectivity index is 1.16. The molecule has 3 aliphatic rings. The van der Waals surface area contributed by atoms with Crippen molar-refractivity contribution in [1.29, 1.82) is 0 Å². The molecule has 2 nitrogen and oxygen atoms in total. The highest BCUT2D eigenvalue weighted by Gasteiger charge is 2.41. The van der Waals surface area contributed by atoms with Crippen LogP contribution in [0.15, 0.2) is 180 Å². The molecule has 0 saturated heterocycles. The molecule has 10 rings (SSSR count). The summed E-state index contributed by atoms with van der Waals surface area (Å²) < 4.78 is 7.02. The Hall–Kier alpha value is -6.38. The molecule has 3 aliphatic carbocycles. The van der Waals surface area contributed by atoms with Gasteiger partial charge >= 0.3 is 0 Å². The number of rotatable bonds is 5. The van der Waals surface area contributed by atoms with Gasteiger partial charge in [0.1, 0.15) is 5.58 Å². The number of hydrogen-bond acceptors (Lipinski definition) is 2. The second-order valence-electron chi connectivity index (χ2n) is 17.7. The van der Waals surface area contributed by atoms with Crippen LogP contribution >= 0.6 is 0 Å². The molecule has 0 atom stereocenters. The van der Waals surface area contributed by atoms with Crippen LogP contribution in [0.4, 0.5) is 17.1 Å². The predicted molar refractivity (Wildman–Crippen MR) is 247 cm³/mol. The van der Waals surface area contributed by atoms with Gasteiger partial charge in [-0.1, -0.05) is 169 Å². The van der Waals surface area contributed by atoms with Gasteiger partial charge in [0, 0.05) is 38.5 Å². The highest BCUT2D eigenvalue weighted by molar-refractivity contribution is 6.13. The van der Waals surface area contributed by atoms with Crippen molar-refractivity contribution in [1.82, 2.24) is 0 Å². The number of nitrogens with zero attached hydrogens (tertiary/aromatic N) is 1. The van der Waals surface area contributed by atoms with E-state index in [9.17, 15) is 0 Å². The molecular formula is C56H49NO. The van der Waals surface area contributed by atoms with E-state index in [4.69, 9.17) is 4.42 Å². The van der Waals surface area contributed by atoms with Crippen LogP contribution in [-0.2, 0) is 10.8 Å². The number of hydrogen-bond donors (Lipinski definition) is 0. The third-order valence-electron chi connectivity index (χ3n) is 13.1. The van der Waals surface area contributed by atoms with E-state index in [0.29, 0.717) is 5.92 Å². The van der Waals surface area contributed by atoms with Gasteiger partial charge in [0.2, 0.25) is 0 Å². The van der Waals surface area contributed by atoms with Crippen molar-refractivity contribution in [2.45, 2.75) is 64.7 Å². The maximum atomic E-state index is 7.02. The van der Waals surface area contributed by atoms with Crippen molar-refractivity contribution in [3.05, 3.63) is 203 Å². The van der Waals surface area contributed by atoms with Crippen molar-refractivity contribution in [3.8, 4) is 22.3 Å². The maximum absolute atomic E-state index is 7.02. The standard InChI is InChI=1S/C56H49NO/c1-35(2)37-25-27-41(28-26-37)57(52-24-14-23-46-45-22-13-21-43(53(45)58-54(46)52)38-17-9-8-10-18-38)42-29-30-44-48-34-50-47(33-51(48)56(6,7)49(44)32-42)39-19-11-15-36(3)16-12-20-40(31-39)55(50,4)5/h8-30,32-35H,3,31H2,1-2,4-7H3/b15-11-,16-12?,39-19+,40-20+. The summed E-state index contributed by atoms with van der Waals surface area (Å²) in [5.41, 5.74) is 20.2. The lowest BCUT2D eigenvalue weighted by Gasteiger charge is -2.38. The molecule has 0 fully saturated rings. The Morgan fingerprint density at radius 3 is 2.00 bits per heavy atom. The first-order valence-corrected chi connectivity index (χ1v) is 20.7. The van der Waals surface area contributed by atoms with E-state index in [-0.39, 0.29) is 10.8 Å². The molecule has 1 aromatic heterocycles. The van der Waals surface area contributed by atoms with Crippen molar-refractivity contribution < 1.29 is 4.42 Å². The molecule has 7 aromatic rings. The fraction of sp³-hybridized carbons (Fsp3) is 0.179. The van der Waals surface area contributed by atoms with Crippen molar-refractivity contribution in [3.63, 3.8) is 0 Å². The van der Waals surface area contributed by atoms with Gasteiger partial charge in [-0.05, 0) is 110 Å². The lowest BCUT2D eigenvalue weighted by atomic mass is 9.66. The molecule has 6 aromatic carbocycles. The van der Waals surface area contributed by atoms with E-state index >= 15 is 0 Å². The Bertz CT molecular complexity index is 2940. The quantitative estimate of drug-likeness (QED) is 0.174. The molecular weight excluding hydrogens is 703 g/mol. The van der Waals surface area contributed by atoms with E-state index in [1.807, 2.05) is 0 Å². The van der Waals surface area contributed by atoms with Gasteiger partial charge in [-0.25, -0.2) is 0 Å². The van der Waals surface area contributed by atoms with E-state index in [0.717, 1.165) is 62.1 Å². The van der Waals surface area contributed by atoms with Crippen LogP contribution < -0.4 is 4.90 Å². The molecule has 0 saturated carbocycles. The minimum Gasteiger partial charge on any atom is -0.453 e. The summed E-state index contributed by atoms with van der Waals surface area (Å²) in [5.74, 6) is 0.439. The van der Waals surface area contributed by atoms with Crippen molar-refractivity contribution in [2.24, 2.45) is 0 Å². The normalized spacial score (nSPS) is 18.6. The van der Waals surface area contributed by atoms with Gasteiger partial charge in [-0.3, -0.25) is 0 Å². The summed E-state index contributed by atoms with van der Waals surface area (Å²) in [4.78, 5) is 2.40. The first-order chi connectivity index (χ1) is 28.0. The number of benzene rings is 6. The molecule has 0 radical (unpaired) electrons. The lowest BCUT2D eigenvalue weighted by molar-refractivity contribution is 0.596. The molecule has 0 unspecified atom stereocenters. The van der Waals surface area contributed by atoms with Gasteiger partial charge in [-0.15, -0.1) is 0 Å². The Morgan fingerprint density at radius 2 is 1.24 bits per heavy atom. The summed E-state index contributed by atoms with van der Waals surface area (Å²) in [7, 11) is 0. The van der Waals surface area contributed by atoms with Crippen molar-refractivity contribution in [2.75, 3.05) is 4.90 Å². The Morgan fingerprint density at radius 1 is 0.586 bits per heavy atom. The largest absolute Gasteiger partial charge is 0.453 e. The second-order valence-corrected chi connectivity index (χ2v) is 17.7. The molecule has 2 bridgehead atoms. The van der Waals surface area contributed by atoms with E-state index in [2.05, 4.69) is 211 Å². The third kappa shape index (κ3) is 5.61. The zero-order chi connectivity index (χ0) is 39.9. The topological polar surface area (TPSA) is 16.4 Å². The van der Waals surface area contributed by atoms with Gasteiger partial charge in [0.15, 0.2) is 5.58 Å². The minimum absolute atomic E-state index is 0.117. The average molecular weight is 752 g/mol. The van der Waals surface area contributed by atoms with Crippen LogP contribution in [0.5, 0.6) is 0 Å². The number of para-hydroxylation sites is 2. The second kappa shape index (κ2) is 13.4. The third-order valence-corrected chi connectivity index (χ3v) is 13.1. The first kappa shape index (κ1) is 36.0. The minimum atomic E-state index is -0.220. The van der Waals surface area contributed by atoms with E-state index in [1.165, 1.54) is 50.1 Å². The fourth-order valence-electron chi connectivity index (χ4n) is 9.69. The zero-order valence-corrected chi connectivity index (χ0v) is 34.4. The number of allylic oxidation sites excluding steroid dienone is 9. The molecule has 0 N–H and O–H groups in total. The molecule has 1 heterocycles. The summed E-state index contributed by atoms with van der Waals surface area (Å²) >= 11 is 0. The van der Waals surface area contributed by atoms with E-state index < -0.39 is 0 Å². The summed E-state index contributed by atoms with van der Waals surface area (Å²) in [6.07, 6.45) is 14.1. The smallest absolute Gasteiger partial charge is 0.159 e. The monoisotopic (exact) mass is 751 g/mol. The van der Waals surface area contributed by atoms with Gasteiger partial charge < -0.3 is 9.32 Å². The molecule has 0 aliphatic heterocycles. The molecule has 284 valence electrons. The Labute approximate surface area is 342 Å². The van der Waals surface area contributed by atoms with Gasteiger partial charge in [0.25, 0.3) is 0 Å². The van der Waals surface area contributed by atoms with Crippen LogP contribution in [0.2, 0.25) is 0 Å². The number of anilines is 3. The SMILES string of the molecule is C=C1C=C/C=C2\C/C(=C\C=C/1)c1cc3c(cc1C2(C)C)-c1ccc(N(c2ccc(C(C)C)cc2)c2cccc4c2oc2c(-c5ccccc5)cccc24)cc1C3(C)C. The highest BCUT2D eigenvalue weighted by atomic mass is 16.3.